The first-order chi connectivity index (χ1) is 13.4. The molecule has 0 bridgehead atoms. The number of nitrogens with zero attached hydrogens (tertiary/aromatic N) is 5. The zero-order valence-corrected chi connectivity index (χ0v) is 16.6. The maximum Gasteiger partial charge on any atom is 0.350 e. The van der Waals surface area contributed by atoms with Crippen LogP contribution in [0.4, 0.5) is 10.8 Å². The average Bonchev–Trinajstić information content (AvgIpc) is 3.23. The van der Waals surface area contributed by atoms with E-state index in [9.17, 15) is 9.59 Å². The summed E-state index contributed by atoms with van der Waals surface area (Å²) >= 11 is 1.37. The summed E-state index contributed by atoms with van der Waals surface area (Å²) in [5.41, 5.74) is 4.00. The van der Waals surface area contributed by atoms with Gasteiger partial charge in [0, 0.05) is 18.5 Å². The topological polar surface area (TPSA) is 72.5 Å². The van der Waals surface area contributed by atoms with E-state index in [0.717, 1.165) is 16.8 Å². The van der Waals surface area contributed by atoms with E-state index in [-0.39, 0.29) is 18.1 Å². The van der Waals surface area contributed by atoms with E-state index in [2.05, 4.69) is 10.1 Å². The van der Waals surface area contributed by atoms with E-state index in [1.807, 2.05) is 43.5 Å². The SMILES string of the molecule is CC(=O)N(c1nc(Cn2nc3ccccn3c2=O)cs1)c1ccc(C)cc1C. The van der Waals surface area contributed by atoms with Gasteiger partial charge >= 0.3 is 5.69 Å². The van der Waals surface area contributed by atoms with Crippen LogP contribution in [0.1, 0.15) is 23.7 Å². The Bertz CT molecular complexity index is 1240. The van der Waals surface area contributed by atoms with Gasteiger partial charge in [0.1, 0.15) is 0 Å². The molecule has 3 aromatic heterocycles. The van der Waals surface area contributed by atoms with Crippen molar-refractivity contribution in [2.45, 2.75) is 27.3 Å². The molecule has 142 valence electrons. The Balaban J connectivity index is 1.68. The predicted octanol–water partition coefficient (Wildman–Crippen LogP) is 3.30. The third kappa shape index (κ3) is 3.22. The molecule has 0 aliphatic heterocycles. The first kappa shape index (κ1) is 18.1. The normalized spacial score (nSPS) is 11.1. The monoisotopic (exact) mass is 393 g/mol. The highest BCUT2D eigenvalue weighted by molar-refractivity contribution is 7.14. The van der Waals surface area contributed by atoms with Crippen molar-refractivity contribution in [3.8, 4) is 0 Å². The molecule has 7 nitrogen and oxygen atoms in total. The van der Waals surface area contributed by atoms with E-state index in [1.165, 1.54) is 27.3 Å². The van der Waals surface area contributed by atoms with Crippen LogP contribution in [-0.4, -0.2) is 25.1 Å². The van der Waals surface area contributed by atoms with Crippen molar-refractivity contribution in [2.75, 3.05) is 4.90 Å². The maximum absolute atomic E-state index is 12.5. The predicted molar refractivity (Wildman–Crippen MR) is 109 cm³/mol. The second-order valence-corrected chi connectivity index (χ2v) is 7.47. The van der Waals surface area contributed by atoms with E-state index in [4.69, 9.17) is 0 Å². The second kappa shape index (κ2) is 7.05. The fourth-order valence-corrected chi connectivity index (χ4v) is 4.03. The highest BCUT2D eigenvalue weighted by Gasteiger charge is 2.20. The molecule has 0 unspecified atom stereocenters. The van der Waals surface area contributed by atoms with Crippen LogP contribution in [0.25, 0.3) is 5.65 Å². The molecule has 0 spiro atoms. The summed E-state index contributed by atoms with van der Waals surface area (Å²) < 4.78 is 2.87. The summed E-state index contributed by atoms with van der Waals surface area (Å²) in [4.78, 5) is 31.0. The summed E-state index contributed by atoms with van der Waals surface area (Å²) in [6.07, 6.45) is 1.69. The van der Waals surface area contributed by atoms with Crippen LogP contribution >= 0.6 is 11.3 Å². The van der Waals surface area contributed by atoms with Gasteiger partial charge in [-0.25, -0.2) is 14.5 Å². The van der Waals surface area contributed by atoms with Gasteiger partial charge in [-0.15, -0.1) is 16.4 Å². The van der Waals surface area contributed by atoms with Crippen molar-refractivity contribution in [1.82, 2.24) is 19.2 Å². The fraction of sp³-hybridized carbons (Fsp3) is 0.200. The molecule has 0 aliphatic carbocycles. The van der Waals surface area contributed by atoms with E-state index >= 15 is 0 Å². The van der Waals surface area contributed by atoms with Crippen LogP contribution in [0.2, 0.25) is 0 Å². The summed E-state index contributed by atoms with van der Waals surface area (Å²) in [6, 6.07) is 11.3. The average molecular weight is 393 g/mol. The number of aryl methyl sites for hydroxylation is 2. The van der Waals surface area contributed by atoms with Crippen LogP contribution in [-0.2, 0) is 11.3 Å². The molecule has 3 heterocycles. The van der Waals surface area contributed by atoms with Gasteiger partial charge in [0.2, 0.25) is 5.91 Å². The Kier molecular flexibility index (Phi) is 4.56. The van der Waals surface area contributed by atoms with E-state index in [1.54, 1.807) is 23.2 Å². The number of pyridine rings is 1. The van der Waals surface area contributed by atoms with Crippen molar-refractivity contribution in [2.24, 2.45) is 0 Å². The smallest absolute Gasteiger partial charge is 0.274 e. The van der Waals surface area contributed by atoms with Gasteiger partial charge in [0.15, 0.2) is 10.8 Å². The molecule has 1 amide bonds. The number of amides is 1. The highest BCUT2D eigenvalue weighted by atomic mass is 32.1. The lowest BCUT2D eigenvalue weighted by molar-refractivity contribution is -0.115. The second-order valence-electron chi connectivity index (χ2n) is 6.63. The number of benzene rings is 1. The Morgan fingerprint density at radius 1 is 1.21 bits per heavy atom. The number of fused-ring (bicyclic) bond motifs is 1. The lowest BCUT2D eigenvalue weighted by atomic mass is 10.1. The molecule has 0 N–H and O–H groups in total. The molecule has 4 rings (SSSR count). The Hall–Kier alpha value is -3.26. The number of hydrogen-bond acceptors (Lipinski definition) is 5. The zero-order chi connectivity index (χ0) is 19.8. The molecule has 0 atom stereocenters. The van der Waals surface area contributed by atoms with Gasteiger partial charge in [0.25, 0.3) is 0 Å². The van der Waals surface area contributed by atoms with Gasteiger partial charge in [-0.05, 0) is 37.6 Å². The number of carbonyl (C=O) groups excluding carboxylic acids is 1. The van der Waals surface area contributed by atoms with Gasteiger partial charge in [-0.1, -0.05) is 23.8 Å². The highest BCUT2D eigenvalue weighted by Crippen LogP contribution is 2.31. The Labute approximate surface area is 165 Å². The molecule has 0 saturated carbocycles. The van der Waals surface area contributed by atoms with Crippen LogP contribution in [0, 0.1) is 13.8 Å². The molecule has 1 aromatic carbocycles. The molecular weight excluding hydrogens is 374 g/mol. The lowest BCUT2D eigenvalue weighted by Gasteiger charge is -2.20. The van der Waals surface area contributed by atoms with Crippen molar-refractivity contribution in [3.05, 3.63) is 75.3 Å². The quantitative estimate of drug-likeness (QED) is 0.533. The Morgan fingerprint density at radius 2 is 2.04 bits per heavy atom. The minimum Gasteiger partial charge on any atom is -0.274 e. The molecular formula is C20H19N5O2S. The third-order valence-electron chi connectivity index (χ3n) is 4.44. The van der Waals surface area contributed by atoms with Gasteiger partial charge in [-0.2, -0.15) is 0 Å². The van der Waals surface area contributed by atoms with Crippen molar-refractivity contribution >= 4 is 33.7 Å². The number of rotatable bonds is 4. The summed E-state index contributed by atoms with van der Waals surface area (Å²) in [7, 11) is 0. The lowest BCUT2D eigenvalue weighted by Crippen LogP contribution is -2.24. The van der Waals surface area contributed by atoms with Gasteiger partial charge in [-0.3, -0.25) is 14.1 Å². The minimum absolute atomic E-state index is 0.113. The van der Waals surface area contributed by atoms with Gasteiger partial charge in [0.05, 0.1) is 17.9 Å². The summed E-state index contributed by atoms with van der Waals surface area (Å²) in [5.74, 6) is -0.113. The molecule has 28 heavy (non-hydrogen) atoms. The maximum atomic E-state index is 12.5. The molecule has 0 radical (unpaired) electrons. The standard InChI is InChI=1S/C20H19N5O2S/c1-13-7-8-17(14(2)10-13)25(15(3)26)19-21-16(12-28-19)11-24-20(27)23-9-5-4-6-18(23)22-24/h4-10,12H,11H2,1-3H3. The summed E-state index contributed by atoms with van der Waals surface area (Å²) in [5, 5.41) is 6.76. The number of aromatic nitrogens is 4. The number of carbonyl (C=O) groups is 1. The van der Waals surface area contributed by atoms with Crippen molar-refractivity contribution in [3.63, 3.8) is 0 Å². The van der Waals surface area contributed by atoms with Crippen LogP contribution in [0.3, 0.4) is 0 Å². The van der Waals surface area contributed by atoms with Crippen molar-refractivity contribution in [1.29, 1.82) is 0 Å². The van der Waals surface area contributed by atoms with Gasteiger partial charge < -0.3 is 0 Å². The van der Waals surface area contributed by atoms with Crippen LogP contribution in [0.5, 0.6) is 0 Å². The summed E-state index contributed by atoms with van der Waals surface area (Å²) in [6.45, 7) is 5.76. The van der Waals surface area contributed by atoms with Crippen LogP contribution < -0.4 is 10.6 Å². The fourth-order valence-electron chi connectivity index (χ4n) is 3.16. The minimum atomic E-state index is -0.219. The zero-order valence-electron chi connectivity index (χ0n) is 15.8. The number of thiazole rings is 1. The molecule has 8 heteroatoms. The molecule has 4 aromatic rings. The number of hydrogen-bond donors (Lipinski definition) is 0. The molecule has 0 aliphatic rings. The number of anilines is 2. The van der Waals surface area contributed by atoms with Crippen LogP contribution in [0.15, 0.2) is 52.8 Å². The Morgan fingerprint density at radius 3 is 2.75 bits per heavy atom. The first-order valence-electron chi connectivity index (χ1n) is 8.80. The first-order valence-corrected chi connectivity index (χ1v) is 9.68. The van der Waals surface area contributed by atoms with E-state index in [0.29, 0.717) is 16.5 Å². The largest absolute Gasteiger partial charge is 0.350 e. The van der Waals surface area contributed by atoms with E-state index < -0.39 is 0 Å². The van der Waals surface area contributed by atoms with Crippen molar-refractivity contribution < 1.29 is 4.79 Å². The molecule has 0 fully saturated rings. The third-order valence-corrected chi connectivity index (χ3v) is 5.31. The molecule has 0 saturated heterocycles.